The molecular formula is C21H25NO3. The molecule has 4 heteroatoms. The zero-order chi connectivity index (χ0) is 18.1. The molecule has 0 saturated carbocycles. The summed E-state index contributed by atoms with van der Waals surface area (Å²) in [5.41, 5.74) is 1.96. The molecule has 0 aliphatic rings. The van der Waals surface area contributed by atoms with E-state index in [9.17, 15) is 9.59 Å². The second-order valence-electron chi connectivity index (χ2n) is 6.42. The van der Waals surface area contributed by atoms with Crippen molar-refractivity contribution in [2.75, 3.05) is 6.61 Å². The number of nitrogens with one attached hydrogen (secondary N) is 1. The molecule has 0 aliphatic heterocycles. The highest BCUT2D eigenvalue weighted by Crippen LogP contribution is 2.21. The predicted molar refractivity (Wildman–Crippen MR) is 97.9 cm³/mol. The van der Waals surface area contributed by atoms with Crippen molar-refractivity contribution in [3.05, 3.63) is 71.8 Å². The van der Waals surface area contributed by atoms with Gasteiger partial charge in [-0.1, -0.05) is 74.5 Å². The number of esters is 1. The van der Waals surface area contributed by atoms with Crippen LogP contribution in [-0.2, 0) is 14.3 Å². The lowest BCUT2D eigenvalue weighted by atomic mass is 9.99. The summed E-state index contributed by atoms with van der Waals surface area (Å²) in [7, 11) is 0. The minimum atomic E-state index is -0.333. The summed E-state index contributed by atoms with van der Waals surface area (Å²) < 4.78 is 5.08. The number of ether oxygens (including phenoxy) is 1. The van der Waals surface area contributed by atoms with Crippen molar-refractivity contribution in [2.45, 2.75) is 32.7 Å². The molecule has 0 unspecified atom stereocenters. The Hall–Kier alpha value is -2.62. The van der Waals surface area contributed by atoms with Gasteiger partial charge in [0.05, 0.1) is 6.04 Å². The summed E-state index contributed by atoms with van der Waals surface area (Å²) in [6.07, 6.45) is 1.10. The third-order valence-corrected chi connectivity index (χ3v) is 3.86. The highest BCUT2D eigenvalue weighted by molar-refractivity contribution is 5.81. The van der Waals surface area contributed by atoms with Crippen LogP contribution in [-0.4, -0.2) is 18.5 Å². The largest absolute Gasteiger partial charge is 0.456 e. The minimum Gasteiger partial charge on any atom is -0.456 e. The molecule has 0 saturated heterocycles. The Balaban J connectivity index is 1.98. The summed E-state index contributed by atoms with van der Waals surface area (Å²) >= 11 is 0. The molecule has 25 heavy (non-hydrogen) atoms. The monoisotopic (exact) mass is 339 g/mol. The van der Waals surface area contributed by atoms with Gasteiger partial charge in [0.25, 0.3) is 5.91 Å². The van der Waals surface area contributed by atoms with Gasteiger partial charge in [-0.25, -0.2) is 0 Å². The summed E-state index contributed by atoms with van der Waals surface area (Å²) in [5, 5.41) is 2.95. The molecule has 132 valence electrons. The maximum absolute atomic E-state index is 12.3. The Labute approximate surface area is 149 Å². The van der Waals surface area contributed by atoms with Crippen molar-refractivity contribution in [3.63, 3.8) is 0 Å². The van der Waals surface area contributed by atoms with E-state index in [0.29, 0.717) is 12.3 Å². The summed E-state index contributed by atoms with van der Waals surface area (Å²) in [6.45, 7) is 3.84. The first kappa shape index (κ1) is 18.7. The first-order valence-corrected chi connectivity index (χ1v) is 8.61. The fourth-order valence-electron chi connectivity index (χ4n) is 2.48. The molecule has 1 N–H and O–H groups in total. The molecule has 0 bridgehead atoms. The van der Waals surface area contributed by atoms with Crippen LogP contribution in [0.2, 0.25) is 0 Å². The Kier molecular flexibility index (Phi) is 7.20. The van der Waals surface area contributed by atoms with Gasteiger partial charge in [0.1, 0.15) is 0 Å². The average molecular weight is 339 g/mol. The van der Waals surface area contributed by atoms with E-state index in [4.69, 9.17) is 4.74 Å². The summed E-state index contributed by atoms with van der Waals surface area (Å²) in [4.78, 5) is 23.9. The van der Waals surface area contributed by atoms with E-state index in [1.807, 2.05) is 74.5 Å². The number of benzene rings is 2. The van der Waals surface area contributed by atoms with Crippen molar-refractivity contribution in [1.82, 2.24) is 5.32 Å². The number of carbonyl (C=O) groups is 2. The Morgan fingerprint density at radius 3 is 1.92 bits per heavy atom. The smallest absolute Gasteiger partial charge is 0.306 e. The van der Waals surface area contributed by atoms with Gasteiger partial charge in [0, 0.05) is 6.42 Å². The SMILES string of the molecule is CC(C)CCC(=O)OCC(=O)NC(c1ccccc1)c1ccccc1. The van der Waals surface area contributed by atoms with Crippen molar-refractivity contribution < 1.29 is 14.3 Å². The van der Waals surface area contributed by atoms with E-state index in [2.05, 4.69) is 5.32 Å². The quantitative estimate of drug-likeness (QED) is 0.743. The van der Waals surface area contributed by atoms with Crippen LogP contribution >= 0.6 is 0 Å². The van der Waals surface area contributed by atoms with E-state index in [-0.39, 0.29) is 24.5 Å². The first-order chi connectivity index (χ1) is 12.1. The third-order valence-electron chi connectivity index (χ3n) is 3.86. The lowest BCUT2D eigenvalue weighted by Crippen LogP contribution is -2.33. The second-order valence-corrected chi connectivity index (χ2v) is 6.42. The Morgan fingerprint density at radius 1 is 0.920 bits per heavy atom. The van der Waals surface area contributed by atoms with Crippen molar-refractivity contribution in [3.8, 4) is 0 Å². The average Bonchev–Trinajstić information content (AvgIpc) is 2.64. The fourth-order valence-corrected chi connectivity index (χ4v) is 2.48. The van der Waals surface area contributed by atoms with Crippen molar-refractivity contribution in [2.24, 2.45) is 5.92 Å². The van der Waals surface area contributed by atoms with Gasteiger partial charge in [-0.15, -0.1) is 0 Å². The molecular weight excluding hydrogens is 314 g/mol. The molecule has 2 aromatic carbocycles. The number of hydrogen-bond acceptors (Lipinski definition) is 3. The van der Waals surface area contributed by atoms with Crippen LogP contribution in [0.15, 0.2) is 60.7 Å². The normalized spacial score (nSPS) is 10.7. The molecule has 2 rings (SSSR count). The Morgan fingerprint density at radius 2 is 1.44 bits per heavy atom. The molecule has 0 heterocycles. The summed E-state index contributed by atoms with van der Waals surface area (Å²) in [5.74, 6) is -0.211. The third kappa shape index (κ3) is 6.42. The van der Waals surface area contributed by atoms with Crippen LogP contribution in [0.4, 0.5) is 0 Å². The molecule has 1 amide bonds. The zero-order valence-electron chi connectivity index (χ0n) is 14.8. The molecule has 0 spiro atoms. The molecule has 0 aromatic heterocycles. The van der Waals surface area contributed by atoms with E-state index >= 15 is 0 Å². The molecule has 0 atom stereocenters. The number of rotatable bonds is 8. The maximum atomic E-state index is 12.3. The van der Waals surface area contributed by atoms with E-state index in [1.165, 1.54) is 0 Å². The highest BCUT2D eigenvalue weighted by Gasteiger charge is 2.17. The molecule has 2 aromatic rings. The fraction of sp³-hybridized carbons (Fsp3) is 0.333. The van der Waals surface area contributed by atoms with Crippen LogP contribution in [0.5, 0.6) is 0 Å². The van der Waals surface area contributed by atoms with Gasteiger partial charge >= 0.3 is 5.97 Å². The van der Waals surface area contributed by atoms with Crippen LogP contribution in [0.25, 0.3) is 0 Å². The van der Waals surface area contributed by atoms with Gasteiger partial charge in [0.15, 0.2) is 6.61 Å². The van der Waals surface area contributed by atoms with Crippen molar-refractivity contribution in [1.29, 1.82) is 0 Å². The van der Waals surface area contributed by atoms with Crippen molar-refractivity contribution >= 4 is 11.9 Å². The van der Waals surface area contributed by atoms with Gasteiger partial charge in [0.2, 0.25) is 0 Å². The molecule has 0 fully saturated rings. The Bertz CT molecular complexity index is 629. The lowest BCUT2D eigenvalue weighted by molar-refractivity contribution is -0.148. The maximum Gasteiger partial charge on any atom is 0.306 e. The second kappa shape index (κ2) is 9.62. The topological polar surface area (TPSA) is 55.4 Å². The van der Waals surface area contributed by atoms with Crippen LogP contribution in [0.3, 0.4) is 0 Å². The molecule has 4 nitrogen and oxygen atoms in total. The number of amides is 1. The van der Waals surface area contributed by atoms with E-state index in [0.717, 1.165) is 17.5 Å². The first-order valence-electron chi connectivity index (χ1n) is 8.61. The predicted octanol–water partition coefficient (Wildman–Crippen LogP) is 3.87. The van der Waals surface area contributed by atoms with Gasteiger partial charge < -0.3 is 10.1 Å². The van der Waals surface area contributed by atoms with Crippen LogP contribution < -0.4 is 5.32 Å². The molecule has 0 aliphatic carbocycles. The minimum absolute atomic E-state index is 0.257. The van der Waals surface area contributed by atoms with Crippen LogP contribution in [0, 0.1) is 5.92 Å². The molecule has 0 radical (unpaired) electrons. The van der Waals surface area contributed by atoms with E-state index < -0.39 is 0 Å². The van der Waals surface area contributed by atoms with Gasteiger partial charge in [-0.05, 0) is 23.5 Å². The lowest BCUT2D eigenvalue weighted by Gasteiger charge is -2.20. The van der Waals surface area contributed by atoms with Gasteiger partial charge in [-0.3, -0.25) is 9.59 Å². The number of carbonyl (C=O) groups excluding carboxylic acids is 2. The standard InChI is InChI=1S/C21H25NO3/c1-16(2)13-14-20(24)25-15-19(23)22-21(17-9-5-3-6-10-17)18-11-7-4-8-12-18/h3-12,16,21H,13-15H2,1-2H3,(H,22,23). The highest BCUT2D eigenvalue weighted by atomic mass is 16.5. The number of hydrogen-bond donors (Lipinski definition) is 1. The summed E-state index contributed by atoms with van der Waals surface area (Å²) in [6, 6.07) is 19.2. The van der Waals surface area contributed by atoms with Gasteiger partial charge in [-0.2, -0.15) is 0 Å². The zero-order valence-corrected chi connectivity index (χ0v) is 14.8. The van der Waals surface area contributed by atoms with Crippen LogP contribution in [0.1, 0.15) is 43.9 Å². The van der Waals surface area contributed by atoms with E-state index in [1.54, 1.807) is 0 Å².